The molecule has 3 aromatic rings. The summed E-state index contributed by atoms with van der Waals surface area (Å²) in [5, 5.41) is 26.0. The molecule has 0 aliphatic carbocycles. The largest absolute Gasteiger partial charge is 0.545 e. The van der Waals surface area contributed by atoms with Crippen molar-refractivity contribution in [3.63, 3.8) is 0 Å². The third-order valence-corrected chi connectivity index (χ3v) is 6.06. The monoisotopic (exact) mass is 479 g/mol. The van der Waals surface area contributed by atoms with Gasteiger partial charge in [0.25, 0.3) is 5.91 Å². The Morgan fingerprint density at radius 1 is 1.09 bits per heavy atom. The highest BCUT2D eigenvalue weighted by Gasteiger charge is 2.50. The highest BCUT2D eigenvalue weighted by molar-refractivity contribution is 6.04. The molecular weight excluding hydrogens is 456 g/mol. The number of amides is 1. The maximum Gasteiger partial charge on any atom is 0.341 e. The fourth-order valence-electron chi connectivity index (χ4n) is 4.31. The normalized spacial score (nSPS) is 23.0. The van der Waals surface area contributed by atoms with Gasteiger partial charge in [0.2, 0.25) is 0 Å². The Kier molecular flexibility index (Phi) is 6.05. The summed E-state index contributed by atoms with van der Waals surface area (Å²) in [6.45, 7) is 0.435. The van der Waals surface area contributed by atoms with Gasteiger partial charge in [-0.25, -0.2) is 0 Å². The number of carboxylic acid groups (broad SMARTS) is 1. The van der Waals surface area contributed by atoms with Crippen molar-refractivity contribution in [2.75, 3.05) is 32.2 Å². The first-order chi connectivity index (χ1) is 16.9. The maximum atomic E-state index is 12.8. The number of ether oxygens (including phenoxy) is 3. The standard InChI is InChI=1S/C23H24N6O6/c1-28(2)13-6-5-7-14(10-13)35-23-25-26-27-29(23)18-12-34-19-17(11-33-20(18)19)24-21(30)15-8-3-4-9-16(15)22(31)32/h3-10,17-20H,11-12H2,1-2H3,(H,24,30)(H,31,32)/p-1/t17-,18-,19+,20+/m0/s1. The number of carbonyl (C=O) groups excluding carboxylic acids is 2. The van der Waals surface area contributed by atoms with Crippen molar-refractivity contribution in [2.45, 2.75) is 24.3 Å². The molecule has 2 aromatic carbocycles. The summed E-state index contributed by atoms with van der Waals surface area (Å²) in [6, 6.07) is 12.7. The van der Waals surface area contributed by atoms with Crippen LogP contribution in [0.25, 0.3) is 0 Å². The average Bonchev–Trinajstić information content (AvgIpc) is 3.57. The number of fused-ring (bicyclic) bond motifs is 1. The number of rotatable bonds is 7. The third kappa shape index (κ3) is 4.40. The average molecular weight is 479 g/mol. The summed E-state index contributed by atoms with van der Waals surface area (Å²) in [6.07, 6.45) is -0.899. The lowest BCUT2D eigenvalue weighted by molar-refractivity contribution is -0.255. The lowest BCUT2D eigenvalue weighted by Gasteiger charge is -2.19. The van der Waals surface area contributed by atoms with E-state index in [1.807, 2.05) is 43.3 Å². The predicted octanol–water partition coefficient (Wildman–Crippen LogP) is 0.0322. The van der Waals surface area contributed by atoms with E-state index in [0.29, 0.717) is 5.75 Å². The molecule has 1 aromatic heterocycles. The topological polar surface area (TPSA) is 144 Å². The Hall–Kier alpha value is -4.03. The number of hydrogen-bond donors (Lipinski definition) is 1. The molecule has 1 N–H and O–H groups in total. The summed E-state index contributed by atoms with van der Waals surface area (Å²) in [7, 11) is 3.87. The quantitative estimate of drug-likeness (QED) is 0.493. The van der Waals surface area contributed by atoms with Crippen LogP contribution in [-0.4, -0.2) is 77.6 Å². The number of carboxylic acids is 1. The van der Waals surface area contributed by atoms with Gasteiger partial charge in [-0.3, -0.25) is 4.79 Å². The van der Waals surface area contributed by atoms with Crippen LogP contribution in [-0.2, 0) is 9.47 Å². The highest BCUT2D eigenvalue weighted by atomic mass is 16.6. The number of nitrogens with zero attached hydrogens (tertiary/aromatic N) is 5. The molecule has 2 saturated heterocycles. The van der Waals surface area contributed by atoms with Gasteiger partial charge in [0.05, 0.1) is 25.2 Å². The van der Waals surface area contributed by atoms with Crippen molar-refractivity contribution in [1.82, 2.24) is 25.5 Å². The van der Waals surface area contributed by atoms with E-state index in [1.165, 1.54) is 22.9 Å². The molecule has 5 rings (SSSR count). The van der Waals surface area contributed by atoms with Crippen molar-refractivity contribution >= 4 is 17.6 Å². The second-order valence-corrected chi connectivity index (χ2v) is 8.48. The number of aromatic nitrogens is 4. The summed E-state index contributed by atoms with van der Waals surface area (Å²) < 4.78 is 19.4. The van der Waals surface area contributed by atoms with Gasteiger partial charge in [0, 0.05) is 37.0 Å². The number of hydrogen-bond acceptors (Lipinski definition) is 10. The van der Waals surface area contributed by atoms with E-state index in [1.54, 1.807) is 6.07 Å². The van der Waals surface area contributed by atoms with Crippen LogP contribution >= 0.6 is 0 Å². The van der Waals surface area contributed by atoms with E-state index in [2.05, 4.69) is 20.8 Å². The van der Waals surface area contributed by atoms with Gasteiger partial charge in [-0.1, -0.05) is 29.4 Å². The maximum absolute atomic E-state index is 12.8. The molecule has 35 heavy (non-hydrogen) atoms. The van der Waals surface area contributed by atoms with E-state index in [-0.39, 0.29) is 36.4 Å². The lowest BCUT2D eigenvalue weighted by Crippen LogP contribution is -2.44. The lowest BCUT2D eigenvalue weighted by atomic mass is 10.0. The molecule has 1 amide bonds. The molecule has 12 heteroatoms. The van der Waals surface area contributed by atoms with E-state index in [0.717, 1.165) is 5.69 Å². The van der Waals surface area contributed by atoms with Crippen LogP contribution in [0, 0.1) is 0 Å². The minimum atomic E-state index is -1.42. The molecule has 4 atom stereocenters. The Bertz CT molecular complexity index is 1250. The number of anilines is 1. The van der Waals surface area contributed by atoms with Gasteiger partial charge in [-0.15, -0.1) is 0 Å². The summed E-state index contributed by atoms with van der Waals surface area (Å²) >= 11 is 0. The van der Waals surface area contributed by atoms with E-state index >= 15 is 0 Å². The van der Waals surface area contributed by atoms with Crippen molar-refractivity contribution in [3.8, 4) is 11.8 Å². The van der Waals surface area contributed by atoms with E-state index in [4.69, 9.17) is 14.2 Å². The molecular formula is C23H23N6O6-. The molecule has 3 heterocycles. The van der Waals surface area contributed by atoms with Crippen LogP contribution in [0.15, 0.2) is 48.5 Å². The molecule has 0 radical (unpaired) electrons. The molecule has 182 valence electrons. The smallest absolute Gasteiger partial charge is 0.341 e. The van der Waals surface area contributed by atoms with Crippen molar-refractivity contribution in [2.24, 2.45) is 0 Å². The van der Waals surface area contributed by atoms with Gasteiger partial charge in [-0.2, -0.15) is 4.68 Å². The van der Waals surface area contributed by atoms with E-state index < -0.39 is 30.1 Å². The minimum Gasteiger partial charge on any atom is -0.545 e. The van der Waals surface area contributed by atoms with Gasteiger partial charge in [-0.05, 0) is 28.6 Å². The first-order valence-corrected chi connectivity index (χ1v) is 11.0. The van der Waals surface area contributed by atoms with Crippen LogP contribution in [0.1, 0.15) is 26.8 Å². The predicted molar refractivity (Wildman–Crippen MR) is 119 cm³/mol. The Balaban J connectivity index is 1.29. The zero-order valence-electron chi connectivity index (χ0n) is 19.0. The SMILES string of the molecule is CN(C)c1cccc(Oc2nnnn2[C@H]2CO[C@H]3[C@@H]2OC[C@@H]3NC(=O)c2ccccc2C(=O)[O-])c1. The molecule has 0 unspecified atom stereocenters. The fourth-order valence-corrected chi connectivity index (χ4v) is 4.31. The fraction of sp³-hybridized carbons (Fsp3) is 0.348. The first-order valence-electron chi connectivity index (χ1n) is 11.0. The summed E-state index contributed by atoms with van der Waals surface area (Å²) in [5.41, 5.74) is 0.796. The minimum absolute atomic E-state index is 0.0154. The number of benzene rings is 2. The van der Waals surface area contributed by atoms with Gasteiger partial charge in [0.15, 0.2) is 0 Å². The molecule has 2 aliphatic rings. The Morgan fingerprint density at radius 2 is 1.86 bits per heavy atom. The van der Waals surface area contributed by atoms with Crippen LogP contribution in [0.2, 0.25) is 0 Å². The number of carbonyl (C=O) groups is 2. The molecule has 2 fully saturated rings. The van der Waals surface area contributed by atoms with Gasteiger partial charge in [0.1, 0.15) is 24.0 Å². The Morgan fingerprint density at radius 3 is 2.63 bits per heavy atom. The van der Waals surface area contributed by atoms with Crippen LogP contribution in [0.3, 0.4) is 0 Å². The summed E-state index contributed by atoms with van der Waals surface area (Å²) in [4.78, 5) is 26.1. The third-order valence-electron chi connectivity index (χ3n) is 6.06. The molecule has 0 spiro atoms. The van der Waals surface area contributed by atoms with Gasteiger partial charge >= 0.3 is 6.01 Å². The van der Waals surface area contributed by atoms with Crippen LogP contribution in [0.5, 0.6) is 11.8 Å². The second kappa shape index (κ2) is 9.31. The number of tetrazole rings is 1. The second-order valence-electron chi connectivity index (χ2n) is 8.48. The van der Waals surface area contributed by atoms with Crippen LogP contribution < -0.4 is 20.1 Å². The van der Waals surface area contributed by atoms with Gasteiger partial charge < -0.3 is 34.3 Å². The Labute approximate surface area is 200 Å². The molecule has 0 bridgehead atoms. The zero-order chi connectivity index (χ0) is 24.5. The number of aromatic carboxylic acids is 1. The van der Waals surface area contributed by atoms with Crippen molar-refractivity contribution < 1.29 is 28.9 Å². The van der Waals surface area contributed by atoms with Crippen molar-refractivity contribution in [1.29, 1.82) is 0 Å². The molecule has 2 aliphatic heterocycles. The summed E-state index contributed by atoms with van der Waals surface area (Å²) in [5.74, 6) is -1.39. The molecule has 0 saturated carbocycles. The highest BCUT2D eigenvalue weighted by Crippen LogP contribution is 2.36. The van der Waals surface area contributed by atoms with Crippen molar-refractivity contribution in [3.05, 3.63) is 59.7 Å². The molecule has 12 nitrogen and oxygen atoms in total. The van der Waals surface area contributed by atoms with Crippen LogP contribution in [0.4, 0.5) is 5.69 Å². The zero-order valence-corrected chi connectivity index (χ0v) is 19.0. The van der Waals surface area contributed by atoms with E-state index in [9.17, 15) is 14.7 Å². The number of nitrogens with one attached hydrogen (secondary N) is 1. The first kappa shape index (κ1) is 22.7.